The third-order valence-corrected chi connectivity index (χ3v) is 7.02. The quantitative estimate of drug-likeness (QED) is 0.646. The molecule has 2 aliphatic rings. The van der Waals surface area contributed by atoms with E-state index < -0.39 is 9.84 Å². The van der Waals surface area contributed by atoms with Crippen LogP contribution < -0.4 is 4.74 Å². The largest absolute Gasteiger partial charge is 0.457 e. The van der Waals surface area contributed by atoms with E-state index in [9.17, 15) is 13.2 Å². The van der Waals surface area contributed by atoms with Crippen LogP contribution in [0.1, 0.15) is 36.0 Å². The number of carbonyl (C=O) groups excluding carboxylic acids is 1. The fourth-order valence-electron chi connectivity index (χ4n) is 4.28. The summed E-state index contributed by atoms with van der Waals surface area (Å²) in [6.07, 6.45) is 5.84. The zero-order valence-electron chi connectivity index (χ0n) is 17.7. The van der Waals surface area contributed by atoms with Gasteiger partial charge in [0.2, 0.25) is 0 Å². The second-order valence-corrected chi connectivity index (χ2v) is 10.2. The van der Waals surface area contributed by atoms with Crippen molar-refractivity contribution in [3.8, 4) is 11.5 Å². The Labute approximate surface area is 190 Å². The minimum absolute atomic E-state index is 0. The van der Waals surface area contributed by atoms with Gasteiger partial charge in [-0.1, -0.05) is 0 Å². The molecule has 0 aromatic heterocycles. The van der Waals surface area contributed by atoms with Crippen LogP contribution in [0.4, 0.5) is 0 Å². The lowest BCUT2D eigenvalue weighted by Gasteiger charge is -2.28. The number of ether oxygens (including phenoxy) is 1. The van der Waals surface area contributed by atoms with Crippen molar-refractivity contribution in [2.75, 3.05) is 32.4 Å². The number of carbonyl (C=O) groups is 1. The number of hydrogen-bond acceptors (Lipinski definition) is 5. The van der Waals surface area contributed by atoms with Crippen LogP contribution in [0.3, 0.4) is 0 Å². The van der Waals surface area contributed by atoms with Crippen LogP contribution in [0.2, 0.25) is 0 Å². The van der Waals surface area contributed by atoms with E-state index in [1.54, 1.807) is 36.4 Å². The number of nitrogens with zero attached hydrogens (tertiary/aromatic N) is 2. The summed E-state index contributed by atoms with van der Waals surface area (Å²) in [5.41, 5.74) is 0.670. The summed E-state index contributed by atoms with van der Waals surface area (Å²) in [6, 6.07) is 13.8. The Kier molecular flexibility index (Phi) is 7.62. The molecule has 0 saturated carbocycles. The van der Waals surface area contributed by atoms with Gasteiger partial charge in [-0.25, -0.2) is 8.42 Å². The van der Waals surface area contributed by atoms with Crippen LogP contribution in [0, 0.1) is 0 Å². The number of hydrogen-bond donors (Lipinski definition) is 0. The zero-order valence-corrected chi connectivity index (χ0v) is 19.3. The Morgan fingerprint density at radius 3 is 2.10 bits per heavy atom. The first kappa shape index (κ1) is 23.6. The Morgan fingerprint density at radius 2 is 1.52 bits per heavy atom. The first-order valence-corrected chi connectivity index (χ1v) is 12.4. The van der Waals surface area contributed by atoms with E-state index in [4.69, 9.17) is 4.74 Å². The predicted octanol–water partition coefficient (Wildman–Crippen LogP) is 4.00. The molecular formula is C23H29ClN2O4S. The molecule has 6 nitrogen and oxygen atoms in total. The van der Waals surface area contributed by atoms with Gasteiger partial charge in [0.1, 0.15) is 11.5 Å². The summed E-state index contributed by atoms with van der Waals surface area (Å²) in [5.74, 6) is 1.24. The van der Waals surface area contributed by atoms with Gasteiger partial charge in [0.05, 0.1) is 4.90 Å². The van der Waals surface area contributed by atoms with Crippen molar-refractivity contribution < 1.29 is 17.9 Å². The van der Waals surface area contributed by atoms with Gasteiger partial charge in [0, 0.05) is 31.0 Å². The molecule has 2 fully saturated rings. The summed E-state index contributed by atoms with van der Waals surface area (Å²) >= 11 is 0. The summed E-state index contributed by atoms with van der Waals surface area (Å²) in [5, 5.41) is 0. The van der Waals surface area contributed by atoms with Crippen molar-refractivity contribution in [3.05, 3.63) is 54.1 Å². The van der Waals surface area contributed by atoms with Crippen LogP contribution >= 0.6 is 12.4 Å². The maximum absolute atomic E-state index is 13.0. The van der Waals surface area contributed by atoms with Gasteiger partial charge in [0.25, 0.3) is 5.91 Å². The highest BCUT2D eigenvalue weighted by atomic mass is 35.5. The number of rotatable bonds is 6. The maximum atomic E-state index is 13.0. The smallest absolute Gasteiger partial charge is 0.254 e. The number of benzene rings is 2. The standard InChI is InChI=1S/C23H28N2O4S.ClH/c1-30(27,28)22-12-10-21(11-13-22)29-20-8-6-18(7-9-20)23(26)25-16-4-5-19(25)17-24-14-2-3-15-24;/h6-13,19H,2-5,14-17H2,1H3;1H. The molecule has 0 radical (unpaired) electrons. The molecule has 2 heterocycles. The molecule has 0 aliphatic carbocycles. The van der Waals surface area contributed by atoms with Crippen molar-refractivity contribution in [3.63, 3.8) is 0 Å². The first-order chi connectivity index (χ1) is 14.4. The van der Waals surface area contributed by atoms with E-state index in [2.05, 4.69) is 4.90 Å². The Bertz CT molecular complexity index is 987. The number of amides is 1. The van der Waals surface area contributed by atoms with Gasteiger partial charge in [0.15, 0.2) is 9.84 Å². The number of sulfone groups is 1. The van der Waals surface area contributed by atoms with E-state index in [1.165, 1.54) is 31.2 Å². The van der Waals surface area contributed by atoms with Crippen molar-refractivity contribution in [2.24, 2.45) is 0 Å². The van der Waals surface area contributed by atoms with Crippen LogP contribution in [0.25, 0.3) is 0 Å². The molecule has 1 unspecified atom stereocenters. The second-order valence-electron chi connectivity index (χ2n) is 8.17. The van der Waals surface area contributed by atoms with Crippen LogP contribution in [-0.4, -0.2) is 62.6 Å². The van der Waals surface area contributed by atoms with E-state index in [0.717, 1.165) is 39.0 Å². The number of likely N-dealkylation sites (tertiary alicyclic amines) is 2. The average Bonchev–Trinajstić information content (AvgIpc) is 3.40. The molecule has 8 heteroatoms. The van der Waals surface area contributed by atoms with Crippen LogP contribution in [-0.2, 0) is 9.84 Å². The molecule has 2 saturated heterocycles. The maximum Gasteiger partial charge on any atom is 0.254 e. The van der Waals surface area contributed by atoms with Crippen LogP contribution in [0.5, 0.6) is 11.5 Å². The summed E-state index contributed by atoms with van der Waals surface area (Å²) < 4.78 is 28.9. The van der Waals surface area contributed by atoms with Crippen molar-refractivity contribution >= 4 is 28.2 Å². The molecule has 0 spiro atoms. The van der Waals surface area contributed by atoms with Crippen LogP contribution in [0.15, 0.2) is 53.4 Å². The predicted molar refractivity (Wildman–Crippen MR) is 123 cm³/mol. The van der Waals surface area contributed by atoms with E-state index in [-0.39, 0.29) is 23.2 Å². The van der Waals surface area contributed by atoms with Crippen molar-refractivity contribution in [2.45, 2.75) is 36.6 Å². The molecule has 2 aliphatic heterocycles. The molecule has 1 atom stereocenters. The van der Waals surface area contributed by atoms with E-state index >= 15 is 0 Å². The fourth-order valence-corrected chi connectivity index (χ4v) is 4.91. The molecular weight excluding hydrogens is 436 g/mol. The lowest BCUT2D eigenvalue weighted by atomic mass is 10.1. The first-order valence-electron chi connectivity index (χ1n) is 10.5. The van der Waals surface area contributed by atoms with Gasteiger partial charge in [-0.05, 0) is 87.3 Å². The molecule has 0 bridgehead atoms. The monoisotopic (exact) mass is 464 g/mol. The molecule has 2 aromatic rings. The van der Waals surface area contributed by atoms with Gasteiger partial charge in [-0.2, -0.15) is 0 Å². The van der Waals surface area contributed by atoms with Gasteiger partial charge < -0.3 is 14.5 Å². The normalized spacial score (nSPS) is 19.3. The SMILES string of the molecule is CS(=O)(=O)c1ccc(Oc2ccc(C(=O)N3CCCC3CN3CCCC3)cc2)cc1.Cl. The van der Waals surface area contributed by atoms with Crippen molar-refractivity contribution in [1.82, 2.24) is 9.80 Å². The molecule has 0 N–H and O–H groups in total. The minimum Gasteiger partial charge on any atom is -0.457 e. The molecule has 31 heavy (non-hydrogen) atoms. The summed E-state index contributed by atoms with van der Waals surface area (Å²) in [7, 11) is -3.23. The van der Waals surface area contributed by atoms with Crippen molar-refractivity contribution in [1.29, 1.82) is 0 Å². The summed E-state index contributed by atoms with van der Waals surface area (Å²) in [4.78, 5) is 17.8. The summed E-state index contributed by atoms with van der Waals surface area (Å²) in [6.45, 7) is 4.10. The number of halogens is 1. The highest BCUT2D eigenvalue weighted by Gasteiger charge is 2.31. The fraction of sp³-hybridized carbons (Fsp3) is 0.435. The lowest BCUT2D eigenvalue weighted by Crippen LogP contribution is -2.42. The molecule has 1 amide bonds. The third-order valence-electron chi connectivity index (χ3n) is 5.89. The Morgan fingerprint density at radius 1 is 0.935 bits per heavy atom. The zero-order chi connectivity index (χ0) is 21.1. The van der Waals surface area contributed by atoms with Gasteiger partial charge in [-0.15, -0.1) is 12.4 Å². The lowest BCUT2D eigenvalue weighted by molar-refractivity contribution is 0.0708. The van der Waals surface area contributed by atoms with E-state index in [0.29, 0.717) is 23.1 Å². The molecule has 4 rings (SSSR count). The highest BCUT2D eigenvalue weighted by Crippen LogP contribution is 2.26. The van der Waals surface area contributed by atoms with E-state index in [1.807, 2.05) is 4.90 Å². The third kappa shape index (κ3) is 5.79. The second kappa shape index (κ2) is 10.0. The average molecular weight is 465 g/mol. The van der Waals surface area contributed by atoms with Gasteiger partial charge >= 0.3 is 0 Å². The Hall–Kier alpha value is -2.09. The molecule has 2 aromatic carbocycles. The van der Waals surface area contributed by atoms with Gasteiger partial charge in [-0.3, -0.25) is 4.79 Å². The Balaban J connectivity index is 0.00000272. The topological polar surface area (TPSA) is 66.9 Å². The minimum atomic E-state index is -3.23. The highest BCUT2D eigenvalue weighted by molar-refractivity contribution is 7.90. The molecule has 168 valence electrons.